The van der Waals surface area contributed by atoms with Crippen LogP contribution < -0.4 is 0 Å². The van der Waals surface area contributed by atoms with Gasteiger partial charge in [0.05, 0.1) is 25.0 Å². The second-order valence-corrected chi connectivity index (χ2v) is 10.5. The van der Waals surface area contributed by atoms with E-state index in [0.717, 1.165) is 4.48 Å². The van der Waals surface area contributed by atoms with E-state index in [-0.39, 0.29) is 10.8 Å². The van der Waals surface area contributed by atoms with E-state index >= 15 is 0 Å². The van der Waals surface area contributed by atoms with Crippen molar-refractivity contribution in [3.8, 4) is 0 Å². The first-order chi connectivity index (χ1) is 12.7. The van der Waals surface area contributed by atoms with Crippen LogP contribution in [-0.4, -0.2) is 80.9 Å². The summed E-state index contributed by atoms with van der Waals surface area (Å²) in [5.74, 6) is 0.121. The minimum atomic E-state index is -3.54. The number of amides is 1. The molecule has 2 fully saturated rings. The first-order valence-electron chi connectivity index (χ1n) is 9.56. The maximum Gasteiger partial charge on any atom is 0.277 e. The minimum Gasteiger partial charge on any atom is -0.335 e. The van der Waals surface area contributed by atoms with Crippen molar-refractivity contribution in [3.63, 3.8) is 0 Å². The molecule has 0 bridgehead atoms. The Bertz CT molecular complexity index is 766. The third kappa shape index (κ3) is 4.65. The monoisotopic (exact) mass is 414 g/mol. The fraction of sp³-hybridized carbons (Fsp3) is 0.632. The number of hydrogen-bond acceptors (Lipinski definition) is 3. The summed E-state index contributed by atoms with van der Waals surface area (Å²) in [5, 5.41) is 0.507. The number of piperazine rings is 1. The highest BCUT2D eigenvalue weighted by Gasteiger charge is 2.36. The van der Waals surface area contributed by atoms with Gasteiger partial charge in [0.2, 0.25) is 10.0 Å². The smallest absolute Gasteiger partial charge is 0.277 e. The summed E-state index contributed by atoms with van der Waals surface area (Å²) < 4.78 is 27.7. The predicted molar refractivity (Wildman–Crippen MR) is 106 cm³/mol. The van der Waals surface area contributed by atoms with Gasteiger partial charge in [0.1, 0.15) is 0 Å². The van der Waals surface area contributed by atoms with Crippen LogP contribution in [0, 0.1) is 0 Å². The van der Waals surface area contributed by atoms with Crippen LogP contribution in [0.5, 0.6) is 0 Å². The molecule has 150 valence electrons. The summed E-state index contributed by atoms with van der Waals surface area (Å²) in [6, 6.07) is 6.77. The van der Waals surface area contributed by atoms with Crippen molar-refractivity contribution in [1.29, 1.82) is 0 Å². The minimum absolute atomic E-state index is 0.121. The number of likely N-dealkylation sites (N-methyl/N-ethyl adjacent to an activating group) is 1. The Kier molecular flexibility index (Phi) is 6.15. The highest BCUT2D eigenvalue weighted by atomic mass is 35.5. The molecular formula is C19H29ClN3O3S+. The summed E-state index contributed by atoms with van der Waals surface area (Å²) in [5.41, 5.74) is 0. The lowest BCUT2D eigenvalue weighted by molar-refractivity contribution is -0.907. The summed E-state index contributed by atoms with van der Waals surface area (Å²) in [6.45, 7) is 2.02. The molecule has 1 heterocycles. The van der Waals surface area contributed by atoms with E-state index in [2.05, 4.69) is 14.1 Å². The standard InChI is InChI=1S/C19H29ClN3O3S/c1-23(2,17-5-3-4-6-17)15-19(24)21-11-13-22(14-12-21)27(25,26)18-9-7-16(20)8-10-18/h7-10,17H,3-6,11-15H2,1-2H3/q+1. The molecule has 0 N–H and O–H groups in total. The van der Waals surface area contributed by atoms with Gasteiger partial charge in [-0.1, -0.05) is 11.6 Å². The Balaban J connectivity index is 1.58. The molecule has 3 rings (SSSR count). The van der Waals surface area contributed by atoms with Crippen molar-refractivity contribution in [3.05, 3.63) is 29.3 Å². The zero-order valence-electron chi connectivity index (χ0n) is 16.1. The first-order valence-corrected chi connectivity index (χ1v) is 11.4. The van der Waals surface area contributed by atoms with Gasteiger partial charge >= 0.3 is 0 Å². The van der Waals surface area contributed by atoms with Gasteiger partial charge in [0, 0.05) is 31.2 Å². The number of carbonyl (C=O) groups is 1. The SMILES string of the molecule is C[N+](C)(CC(=O)N1CCN(S(=O)(=O)c2ccc(Cl)cc2)CC1)C1CCCC1. The number of hydrogen-bond donors (Lipinski definition) is 0. The Hall–Kier alpha value is -1.15. The number of halogens is 1. The molecule has 0 spiro atoms. The van der Waals surface area contributed by atoms with E-state index in [1.165, 1.54) is 42.1 Å². The molecule has 1 saturated carbocycles. The molecule has 1 aliphatic carbocycles. The largest absolute Gasteiger partial charge is 0.335 e. The Labute approximate surface area is 167 Å². The lowest BCUT2D eigenvalue weighted by atomic mass is 10.2. The van der Waals surface area contributed by atoms with Crippen LogP contribution in [0.4, 0.5) is 0 Å². The fourth-order valence-corrected chi connectivity index (χ4v) is 5.66. The zero-order valence-corrected chi connectivity index (χ0v) is 17.7. The molecule has 1 aromatic carbocycles. The third-order valence-corrected chi connectivity index (χ3v) is 8.06. The summed E-state index contributed by atoms with van der Waals surface area (Å²) in [7, 11) is 0.725. The van der Waals surface area contributed by atoms with E-state index in [1.54, 1.807) is 12.1 Å². The van der Waals surface area contributed by atoms with Gasteiger partial charge in [-0.3, -0.25) is 4.79 Å². The van der Waals surface area contributed by atoms with Crippen molar-refractivity contribution in [2.45, 2.75) is 36.6 Å². The van der Waals surface area contributed by atoms with Crippen molar-refractivity contribution in [2.75, 3.05) is 46.8 Å². The maximum atomic E-state index is 12.8. The van der Waals surface area contributed by atoms with E-state index in [1.807, 2.05) is 4.90 Å². The van der Waals surface area contributed by atoms with Gasteiger partial charge in [-0.15, -0.1) is 0 Å². The van der Waals surface area contributed by atoms with Crippen molar-refractivity contribution in [1.82, 2.24) is 9.21 Å². The highest BCUT2D eigenvalue weighted by Crippen LogP contribution is 2.27. The van der Waals surface area contributed by atoms with Crippen molar-refractivity contribution in [2.24, 2.45) is 0 Å². The number of benzene rings is 1. The second kappa shape index (κ2) is 8.07. The van der Waals surface area contributed by atoms with Crippen LogP contribution in [0.2, 0.25) is 5.02 Å². The fourth-order valence-electron chi connectivity index (χ4n) is 4.11. The van der Waals surface area contributed by atoms with Crippen LogP contribution in [0.15, 0.2) is 29.2 Å². The second-order valence-electron chi connectivity index (χ2n) is 8.11. The molecule has 0 unspecified atom stereocenters. The van der Waals surface area contributed by atoms with E-state index < -0.39 is 10.0 Å². The van der Waals surface area contributed by atoms with Crippen LogP contribution in [-0.2, 0) is 14.8 Å². The molecule has 1 aliphatic heterocycles. The van der Waals surface area contributed by atoms with E-state index in [9.17, 15) is 13.2 Å². The molecule has 2 aliphatic rings. The number of sulfonamides is 1. The molecule has 1 amide bonds. The third-order valence-electron chi connectivity index (χ3n) is 5.90. The Morgan fingerprint density at radius 1 is 1.07 bits per heavy atom. The van der Waals surface area contributed by atoms with Gasteiger partial charge in [0.25, 0.3) is 5.91 Å². The predicted octanol–water partition coefficient (Wildman–Crippen LogP) is 2.19. The number of nitrogens with zero attached hydrogens (tertiary/aromatic N) is 3. The number of carbonyl (C=O) groups excluding carboxylic acids is 1. The van der Waals surface area contributed by atoms with Crippen LogP contribution in [0.25, 0.3) is 0 Å². The lowest BCUT2D eigenvalue weighted by Crippen LogP contribution is -2.57. The maximum absolute atomic E-state index is 12.8. The Morgan fingerprint density at radius 3 is 2.19 bits per heavy atom. The van der Waals surface area contributed by atoms with E-state index in [4.69, 9.17) is 11.6 Å². The first kappa shape index (κ1) is 20.6. The molecule has 1 saturated heterocycles. The van der Waals surface area contributed by atoms with Crippen LogP contribution in [0.1, 0.15) is 25.7 Å². The summed E-state index contributed by atoms with van der Waals surface area (Å²) in [4.78, 5) is 14.8. The van der Waals surface area contributed by atoms with Crippen LogP contribution >= 0.6 is 11.6 Å². The molecule has 0 aromatic heterocycles. The average Bonchev–Trinajstić information content (AvgIpc) is 3.17. The quantitative estimate of drug-likeness (QED) is 0.694. The molecule has 1 aromatic rings. The highest BCUT2D eigenvalue weighted by molar-refractivity contribution is 7.89. The van der Waals surface area contributed by atoms with Gasteiger partial charge in [0.15, 0.2) is 6.54 Å². The number of quaternary nitrogens is 1. The molecule has 8 heteroatoms. The summed E-state index contributed by atoms with van der Waals surface area (Å²) >= 11 is 5.85. The zero-order chi connectivity index (χ0) is 19.7. The lowest BCUT2D eigenvalue weighted by Gasteiger charge is -2.39. The Morgan fingerprint density at radius 2 is 1.63 bits per heavy atom. The average molecular weight is 415 g/mol. The molecule has 0 atom stereocenters. The molecule has 6 nitrogen and oxygen atoms in total. The van der Waals surface area contributed by atoms with Gasteiger partial charge < -0.3 is 9.38 Å². The molecular weight excluding hydrogens is 386 g/mol. The van der Waals surface area contributed by atoms with Crippen molar-refractivity contribution >= 4 is 27.5 Å². The molecule has 27 heavy (non-hydrogen) atoms. The van der Waals surface area contributed by atoms with Gasteiger partial charge in [-0.05, 0) is 49.9 Å². The summed E-state index contributed by atoms with van der Waals surface area (Å²) in [6.07, 6.45) is 4.88. The van der Waals surface area contributed by atoms with Crippen LogP contribution in [0.3, 0.4) is 0 Å². The van der Waals surface area contributed by atoms with Gasteiger partial charge in [-0.2, -0.15) is 4.31 Å². The van der Waals surface area contributed by atoms with E-state index in [0.29, 0.717) is 43.8 Å². The van der Waals surface area contributed by atoms with Crippen molar-refractivity contribution < 1.29 is 17.7 Å². The molecule has 0 radical (unpaired) electrons. The number of rotatable bonds is 5. The topological polar surface area (TPSA) is 57.7 Å². The normalized spacial score (nSPS) is 20.2. The van der Waals surface area contributed by atoms with Gasteiger partial charge in [-0.25, -0.2) is 8.42 Å².